The summed E-state index contributed by atoms with van der Waals surface area (Å²) in [4.78, 5) is 11.7. The van der Waals surface area contributed by atoms with E-state index in [1.807, 2.05) is 52.0 Å². The predicted octanol–water partition coefficient (Wildman–Crippen LogP) is 3.13. The van der Waals surface area contributed by atoms with E-state index in [-0.39, 0.29) is 12.3 Å². The van der Waals surface area contributed by atoms with Crippen LogP contribution < -0.4 is 10.6 Å². The van der Waals surface area contributed by atoms with E-state index < -0.39 is 11.7 Å². The van der Waals surface area contributed by atoms with Gasteiger partial charge in [-0.3, -0.25) is 5.32 Å². The molecule has 1 aromatic rings. The summed E-state index contributed by atoms with van der Waals surface area (Å²) in [6, 6.07) is 7.64. The quantitative estimate of drug-likeness (QED) is 0.754. The SMILES string of the molecule is COC(OC)C(C)NCc1ccc(NC(=O)OC(C)(C)C)cc1. The second-order valence-electron chi connectivity index (χ2n) is 6.33. The Kier molecular flexibility index (Phi) is 7.48. The zero-order chi connectivity index (χ0) is 17.5. The van der Waals surface area contributed by atoms with Crippen molar-refractivity contribution in [3.05, 3.63) is 29.8 Å². The lowest BCUT2D eigenvalue weighted by Gasteiger charge is -2.22. The summed E-state index contributed by atoms with van der Waals surface area (Å²) in [5.41, 5.74) is 1.28. The van der Waals surface area contributed by atoms with Crippen LogP contribution in [0.15, 0.2) is 24.3 Å². The van der Waals surface area contributed by atoms with E-state index in [0.29, 0.717) is 12.2 Å². The first-order chi connectivity index (χ1) is 10.7. The minimum atomic E-state index is -0.511. The molecule has 1 aromatic carbocycles. The molecule has 2 N–H and O–H groups in total. The smallest absolute Gasteiger partial charge is 0.412 e. The van der Waals surface area contributed by atoms with Gasteiger partial charge in [0.1, 0.15) is 5.60 Å². The third kappa shape index (κ3) is 7.45. The monoisotopic (exact) mass is 324 g/mol. The molecule has 1 amide bonds. The van der Waals surface area contributed by atoms with Crippen molar-refractivity contribution in [1.82, 2.24) is 5.32 Å². The lowest BCUT2D eigenvalue weighted by atomic mass is 10.2. The number of methoxy groups -OCH3 is 2. The normalized spacial score (nSPS) is 13.0. The molecule has 0 aliphatic heterocycles. The van der Waals surface area contributed by atoms with E-state index in [1.54, 1.807) is 14.2 Å². The van der Waals surface area contributed by atoms with Crippen molar-refractivity contribution in [1.29, 1.82) is 0 Å². The van der Waals surface area contributed by atoms with Gasteiger partial charge in [-0.25, -0.2) is 4.79 Å². The second-order valence-corrected chi connectivity index (χ2v) is 6.33. The van der Waals surface area contributed by atoms with Crippen LogP contribution in [0.3, 0.4) is 0 Å². The van der Waals surface area contributed by atoms with Crippen LogP contribution in [0.2, 0.25) is 0 Å². The summed E-state index contributed by atoms with van der Waals surface area (Å²) >= 11 is 0. The molecule has 0 saturated carbocycles. The largest absolute Gasteiger partial charge is 0.444 e. The van der Waals surface area contributed by atoms with Crippen LogP contribution in [-0.2, 0) is 20.8 Å². The number of benzene rings is 1. The minimum absolute atomic E-state index is 0.0598. The van der Waals surface area contributed by atoms with Gasteiger partial charge < -0.3 is 19.5 Å². The molecule has 1 unspecified atom stereocenters. The van der Waals surface area contributed by atoms with Gasteiger partial charge in [-0.1, -0.05) is 12.1 Å². The molecule has 0 fully saturated rings. The molecule has 1 atom stereocenters. The van der Waals surface area contributed by atoms with Gasteiger partial charge in [0, 0.05) is 26.5 Å². The fourth-order valence-electron chi connectivity index (χ4n) is 2.01. The maximum Gasteiger partial charge on any atom is 0.412 e. The summed E-state index contributed by atoms with van der Waals surface area (Å²) in [5.74, 6) is 0. The van der Waals surface area contributed by atoms with Gasteiger partial charge in [-0.15, -0.1) is 0 Å². The minimum Gasteiger partial charge on any atom is -0.444 e. The first-order valence-electron chi connectivity index (χ1n) is 7.63. The number of hydrogen-bond acceptors (Lipinski definition) is 5. The van der Waals surface area contributed by atoms with Gasteiger partial charge in [-0.2, -0.15) is 0 Å². The van der Waals surface area contributed by atoms with Gasteiger partial charge in [0.05, 0.1) is 6.04 Å². The highest BCUT2D eigenvalue weighted by atomic mass is 16.7. The van der Waals surface area contributed by atoms with E-state index in [1.165, 1.54) is 0 Å². The first-order valence-corrected chi connectivity index (χ1v) is 7.63. The van der Waals surface area contributed by atoms with Crippen LogP contribution >= 0.6 is 0 Å². The van der Waals surface area contributed by atoms with Gasteiger partial charge in [0.25, 0.3) is 0 Å². The Hall–Kier alpha value is -1.63. The Morgan fingerprint density at radius 1 is 1.13 bits per heavy atom. The summed E-state index contributed by atoms with van der Waals surface area (Å²) in [6.07, 6.45) is -0.747. The third-order valence-electron chi connectivity index (χ3n) is 3.10. The predicted molar refractivity (Wildman–Crippen MR) is 90.4 cm³/mol. The van der Waals surface area contributed by atoms with Crippen LogP contribution in [0.4, 0.5) is 10.5 Å². The van der Waals surface area contributed by atoms with Crippen LogP contribution in [-0.4, -0.2) is 38.2 Å². The topological polar surface area (TPSA) is 68.8 Å². The molecule has 0 aliphatic carbocycles. The number of ether oxygens (including phenoxy) is 3. The Bertz CT molecular complexity index is 478. The molecular formula is C17H28N2O4. The van der Waals surface area contributed by atoms with Gasteiger partial charge >= 0.3 is 6.09 Å². The van der Waals surface area contributed by atoms with Crippen molar-refractivity contribution < 1.29 is 19.0 Å². The first kappa shape index (κ1) is 19.4. The van der Waals surface area contributed by atoms with E-state index in [0.717, 1.165) is 5.56 Å². The van der Waals surface area contributed by atoms with Crippen LogP contribution in [0.1, 0.15) is 33.3 Å². The summed E-state index contributed by atoms with van der Waals surface area (Å²) in [7, 11) is 3.23. The van der Waals surface area contributed by atoms with Gasteiger partial charge in [0.15, 0.2) is 6.29 Å². The highest BCUT2D eigenvalue weighted by Crippen LogP contribution is 2.13. The van der Waals surface area contributed by atoms with E-state index in [4.69, 9.17) is 14.2 Å². The molecule has 130 valence electrons. The van der Waals surface area contributed by atoms with Crippen molar-refractivity contribution in [3.8, 4) is 0 Å². The Morgan fingerprint density at radius 3 is 2.17 bits per heavy atom. The number of anilines is 1. The maximum atomic E-state index is 11.7. The third-order valence-corrected chi connectivity index (χ3v) is 3.10. The summed E-state index contributed by atoms with van der Waals surface area (Å²) in [5, 5.41) is 6.04. The van der Waals surface area contributed by atoms with Crippen molar-refractivity contribution in [2.75, 3.05) is 19.5 Å². The number of hydrogen-bond donors (Lipinski definition) is 2. The van der Waals surface area contributed by atoms with Crippen molar-refractivity contribution in [3.63, 3.8) is 0 Å². The number of nitrogens with one attached hydrogen (secondary N) is 2. The molecule has 23 heavy (non-hydrogen) atoms. The second kappa shape index (κ2) is 8.86. The lowest BCUT2D eigenvalue weighted by Crippen LogP contribution is -2.39. The van der Waals surface area contributed by atoms with Crippen molar-refractivity contribution in [2.24, 2.45) is 0 Å². The fourth-order valence-corrected chi connectivity index (χ4v) is 2.01. The highest BCUT2D eigenvalue weighted by molar-refractivity contribution is 5.84. The number of carbonyl (C=O) groups excluding carboxylic acids is 1. The molecule has 0 radical (unpaired) electrons. The maximum absolute atomic E-state index is 11.7. The molecule has 6 nitrogen and oxygen atoms in total. The zero-order valence-electron chi connectivity index (χ0n) is 14.8. The molecule has 1 rings (SSSR count). The molecule has 0 spiro atoms. The van der Waals surface area contributed by atoms with Crippen LogP contribution in [0, 0.1) is 0 Å². The lowest BCUT2D eigenvalue weighted by molar-refractivity contribution is -0.119. The fraction of sp³-hybridized carbons (Fsp3) is 0.588. The Labute approximate surface area is 138 Å². The summed E-state index contributed by atoms with van der Waals surface area (Å²) in [6.45, 7) is 8.16. The Balaban J connectivity index is 2.49. The number of carbonyl (C=O) groups is 1. The molecule has 0 aromatic heterocycles. The molecule has 6 heteroatoms. The molecule has 0 bridgehead atoms. The average Bonchev–Trinajstić information content (AvgIpc) is 2.45. The molecule has 0 saturated heterocycles. The molecule has 0 aliphatic rings. The van der Waals surface area contributed by atoms with Crippen molar-refractivity contribution in [2.45, 2.75) is 52.2 Å². The van der Waals surface area contributed by atoms with Crippen LogP contribution in [0.5, 0.6) is 0 Å². The zero-order valence-corrected chi connectivity index (χ0v) is 14.8. The average molecular weight is 324 g/mol. The van der Waals surface area contributed by atoms with E-state index >= 15 is 0 Å². The number of rotatable bonds is 7. The van der Waals surface area contributed by atoms with E-state index in [2.05, 4.69) is 10.6 Å². The molecular weight excluding hydrogens is 296 g/mol. The van der Waals surface area contributed by atoms with E-state index in [9.17, 15) is 4.79 Å². The number of amides is 1. The van der Waals surface area contributed by atoms with Crippen molar-refractivity contribution >= 4 is 11.8 Å². The highest BCUT2D eigenvalue weighted by Gasteiger charge is 2.16. The van der Waals surface area contributed by atoms with Gasteiger partial charge in [-0.05, 0) is 45.4 Å². The van der Waals surface area contributed by atoms with Crippen LogP contribution in [0.25, 0.3) is 0 Å². The summed E-state index contributed by atoms with van der Waals surface area (Å²) < 4.78 is 15.6. The molecule has 0 heterocycles. The Morgan fingerprint density at radius 2 is 1.70 bits per heavy atom. The standard InChI is InChI=1S/C17H28N2O4/c1-12(15(21-5)22-6)18-11-13-7-9-14(10-8-13)19-16(20)23-17(2,3)4/h7-10,12,15,18H,11H2,1-6H3,(H,19,20). The van der Waals surface area contributed by atoms with Gasteiger partial charge in [0.2, 0.25) is 0 Å².